The lowest BCUT2D eigenvalue weighted by Gasteiger charge is -2.34. The van der Waals surface area contributed by atoms with Gasteiger partial charge in [-0.05, 0) is 23.8 Å². The molecule has 1 unspecified atom stereocenters. The number of carbonyl (C=O) groups is 1. The van der Waals surface area contributed by atoms with Crippen LogP contribution in [0.1, 0.15) is 17.5 Å². The molecule has 5 nitrogen and oxygen atoms in total. The molecule has 6 heteroatoms. The van der Waals surface area contributed by atoms with E-state index in [0.717, 1.165) is 5.56 Å². The number of halogens is 1. The normalized spacial score (nSPS) is 19.1. The van der Waals surface area contributed by atoms with E-state index in [9.17, 15) is 9.90 Å². The maximum absolute atomic E-state index is 12.0. The van der Waals surface area contributed by atoms with Crippen LogP contribution in [0.2, 0.25) is 5.02 Å². The molecular weight excluding hydrogens is 328 g/mol. The van der Waals surface area contributed by atoms with E-state index in [0.29, 0.717) is 35.9 Å². The second-order valence-corrected chi connectivity index (χ2v) is 6.23. The lowest BCUT2D eigenvalue weighted by Crippen LogP contribution is -2.46. The molecule has 1 aliphatic heterocycles. The standard InChI is InChI=1S/C18H19ClN2O3/c19-14-7-5-13(6-8-14)11-20-17(22)21-12-18(23)9-10-24-16-4-2-1-3-15(16)18/h1-8,23H,9-12H2,(H2,20,21,22). The van der Waals surface area contributed by atoms with Crippen molar-refractivity contribution in [2.75, 3.05) is 13.2 Å². The van der Waals surface area contributed by atoms with Crippen LogP contribution in [0.15, 0.2) is 48.5 Å². The van der Waals surface area contributed by atoms with Gasteiger partial charge in [-0.15, -0.1) is 0 Å². The highest BCUT2D eigenvalue weighted by atomic mass is 35.5. The Morgan fingerprint density at radius 1 is 1.17 bits per heavy atom. The van der Waals surface area contributed by atoms with Crippen molar-refractivity contribution >= 4 is 17.6 Å². The van der Waals surface area contributed by atoms with Gasteiger partial charge in [-0.25, -0.2) is 4.79 Å². The number of fused-ring (bicyclic) bond motifs is 1. The van der Waals surface area contributed by atoms with Crippen LogP contribution in [0.25, 0.3) is 0 Å². The minimum Gasteiger partial charge on any atom is -0.493 e. The number of ether oxygens (including phenoxy) is 1. The molecule has 2 amide bonds. The molecule has 1 atom stereocenters. The van der Waals surface area contributed by atoms with Crippen LogP contribution in [0.5, 0.6) is 5.75 Å². The number of hydrogen-bond donors (Lipinski definition) is 3. The predicted octanol–water partition coefficient (Wildman–Crippen LogP) is 2.81. The Hall–Kier alpha value is -2.24. The SMILES string of the molecule is O=C(NCc1ccc(Cl)cc1)NCC1(O)CCOc2ccccc21. The molecule has 0 saturated carbocycles. The van der Waals surface area contributed by atoms with Crippen molar-refractivity contribution in [2.24, 2.45) is 0 Å². The number of urea groups is 1. The fourth-order valence-corrected chi connectivity index (χ4v) is 2.82. The fourth-order valence-electron chi connectivity index (χ4n) is 2.70. The van der Waals surface area contributed by atoms with Crippen LogP contribution in [-0.4, -0.2) is 24.3 Å². The molecule has 126 valence electrons. The molecule has 1 heterocycles. The number of aliphatic hydroxyl groups is 1. The van der Waals surface area contributed by atoms with Gasteiger partial charge >= 0.3 is 6.03 Å². The molecule has 0 spiro atoms. The zero-order valence-electron chi connectivity index (χ0n) is 13.1. The Balaban J connectivity index is 1.55. The number of nitrogens with one attached hydrogen (secondary N) is 2. The monoisotopic (exact) mass is 346 g/mol. The molecule has 2 aromatic rings. The van der Waals surface area contributed by atoms with Gasteiger partial charge in [-0.2, -0.15) is 0 Å². The molecule has 0 aliphatic carbocycles. The third-order valence-corrected chi connectivity index (χ3v) is 4.32. The largest absolute Gasteiger partial charge is 0.493 e. The Labute approximate surface area is 145 Å². The third kappa shape index (κ3) is 3.80. The van der Waals surface area contributed by atoms with E-state index < -0.39 is 5.60 Å². The first-order chi connectivity index (χ1) is 11.6. The fraction of sp³-hybridized carbons (Fsp3) is 0.278. The molecule has 3 N–H and O–H groups in total. The second kappa shape index (κ2) is 7.11. The summed E-state index contributed by atoms with van der Waals surface area (Å²) in [7, 11) is 0. The van der Waals surface area contributed by atoms with Gasteiger partial charge in [0.2, 0.25) is 0 Å². The van der Waals surface area contributed by atoms with Crippen LogP contribution in [0.3, 0.4) is 0 Å². The van der Waals surface area contributed by atoms with Gasteiger partial charge in [-0.3, -0.25) is 0 Å². The summed E-state index contributed by atoms with van der Waals surface area (Å²) >= 11 is 5.83. The average Bonchev–Trinajstić information content (AvgIpc) is 2.60. The number of amides is 2. The number of hydrogen-bond acceptors (Lipinski definition) is 3. The highest BCUT2D eigenvalue weighted by molar-refractivity contribution is 6.30. The van der Waals surface area contributed by atoms with Crippen LogP contribution >= 0.6 is 11.6 Å². The molecule has 0 radical (unpaired) electrons. The highest BCUT2D eigenvalue weighted by Crippen LogP contribution is 2.36. The molecule has 0 aromatic heterocycles. The van der Waals surface area contributed by atoms with Crippen molar-refractivity contribution in [1.82, 2.24) is 10.6 Å². The summed E-state index contributed by atoms with van der Waals surface area (Å²) in [5.41, 5.74) is 0.533. The van der Waals surface area contributed by atoms with E-state index in [1.54, 1.807) is 12.1 Å². The maximum atomic E-state index is 12.0. The van der Waals surface area contributed by atoms with Crippen LogP contribution < -0.4 is 15.4 Å². The number of benzene rings is 2. The van der Waals surface area contributed by atoms with E-state index in [1.165, 1.54) is 0 Å². The minimum absolute atomic E-state index is 0.125. The lowest BCUT2D eigenvalue weighted by atomic mass is 9.88. The first kappa shape index (κ1) is 16.6. The van der Waals surface area contributed by atoms with Gasteiger partial charge in [0, 0.05) is 23.6 Å². The first-order valence-corrected chi connectivity index (χ1v) is 8.15. The summed E-state index contributed by atoms with van der Waals surface area (Å²) in [6, 6.07) is 14.3. The highest BCUT2D eigenvalue weighted by Gasteiger charge is 2.35. The number of rotatable bonds is 4. The first-order valence-electron chi connectivity index (χ1n) is 7.78. The van der Waals surface area contributed by atoms with Crippen molar-refractivity contribution in [3.63, 3.8) is 0 Å². The van der Waals surface area contributed by atoms with Gasteiger partial charge in [0.05, 0.1) is 13.2 Å². The van der Waals surface area contributed by atoms with Gasteiger partial charge in [-0.1, -0.05) is 41.9 Å². The minimum atomic E-state index is -1.12. The molecule has 2 aromatic carbocycles. The Kier molecular flexibility index (Phi) is 4.92. The van der Waals surface area contributed by atoms with Crippen LogP contribution in [0.4, 0.5) is 4.79 Å². The predicted molar refractivity (Wildman–Crippen MR) is 92.1 cm³/mol. The van der Waals surface area contributed by atoms with E-state index in [4.69, 9.17) is 16.3 Å². The van der Waals surface area contributed by atoms with Crippen molar-refractivity contribution < 1.29 is 14.6 Å². The Morgan fingerprint density at radius 2 is 1.92 bits per heavy atom. The number of para-hydroxylation sites is 1. The summed E-state index contributed by atoms with van der Waals surface area (Å²) < 4.78 is 5.54. The van der Waals surface area contributed by atoms with E-state index in [-0.39, 0.29) is 12.6 Å². The summed E-state index contributed by atoms with van der Waals surface area (Å²) in [6.45, 7) is 0.933. The summed E-state index contributed by atoms with van der Waals surface area (Å²) in [5.74, 6) is 0.662. The second-order valence-electron chi connectivity index (χ2n) is 5.79. The topological polar surface area (TPSA) is 70.6 Å². The van der Waals surface area contributed by atoms with Gasteiger partial charge in [0.25, 0.3) is 0 Å². The smallest absolute Gasteiger partial charge is 0.315 e. The van der Waals surface area contributed by atoms with E-state index in [1.807, 2.05) is 36.4 Å². The third-order valence-electron chi connectivity index (χ3n) is 4.07. The Bertz CT molecular complexity index is 720. The van der Waals surface area contributed by atoms with Crippen LogP contribution in [-0.2, 0) is 12.1 Å². The zero-order chi connectivity index (χ0) is 17.0. The molecule has 0 fully saturated rings. The molecular formula is C18H19ClN2O3. The lowest BCUT2D eigenvalue weighted by molar-refractivity contribution is 0.0000631. The summed E-state index contributed by atoms with van der Waals surface area (Å²) in [4.78, 5) is 12.0. The molecule has 3 rings (SSSR count). The summed E-state index contributed by atoms with van der Waals surface area (Å²) in [6.07, 6.45) is 0.432. The van der Waals surface area contributed by atoms with Crippen molar-refractivity contribution in [3.8, 4) is 5.75 Å². The van der Waals surface area contributed by atoms with E-state index in [2.05, 4.69) is 10.6 Å². The quantitative estimate of drug-likeness (QED) is 0.797. The van der Waals surface area contributed by atoms with Gasteiger partial charge < -0.3 is 20.5 Å². The molecule has 0 bridgehead atoms. The molecule has 24 heavy (non-hydrogen) atoms. The molecule has 1 aliphatic rings. The summed E-state index contributed by atoms with van der Waals surface area (Å²) in [5, 5.41) is 17.0. The maximum Gasteiger partial charge on any atom is 0.315 e. The number of carbonyl (C=O) groups excluding carboxylic acids is 1. The van der Waals surface area contributed by atoms with Crippen molar-refractivity contribution in [1.29, 1.82) is 0 Å². The zero-order valence-corrected chi connectivity index (χ0v) is 13.8. The van der Waals surface area contributed by atoms with E-state index >= 15 is 0 Å². The average molecular weight is 347 g/mol. The van der Waals surface area contributed by atoms with Crippen LogP contribution in [0, 0.1) is 0 Å². The van der Waals surface area contributed by atoms with Gasteiger partial charge in [0.15, 0.2) is 0 Å². The Morgan fingerprint density at radius 3 is 2.71 bits per heavy atom. The van der Waals surface area contributed by atoms with Gasteiger partial charge in [0.1, 0.15) is 11.4 Å². The molecule has 0 saturated heterocycles. The van der Waals surface area contributed by atoms with Crippen molar-refractivity contribution in [3.05, 3.63) is 64.7 Å². The van der Waals surface area contributed by atoms with Crippen molar-refractivity contribution in [2.45, 2.75) is 18.6 Å².